The number of anilines is 1. The van der Waals surface area contributed by atoms with E-state index in [4.69, 9.17) is 23.2 Å². The number of nitrogens with one attached hydrogen (secondary N) is 1. The van der Waals surface area contributed by atoms with Gasteiger partial charge in [-0.05, 0) is 36.6 Å². The van der Waals surface area contributed by atoms with Crippen LogP contribution in [0.15, 0.2) is 29.2 Å². The summed E-state index contributed by atoms with van der Waals surface area (Å²) in [6, 6.07) is 6.98. The molecule has 1 aliphatic rings. The van der Waals surface area contributed by atoms with Crippen LogP contribution in [0, 0.1) is 12.7 Å². The lowest BCUT2D eigenvalue weighted by molar-refractivity contribution is 0.585. The maximum absolute atomic E-state index is 13.9. The van der Waals surface area contributed by atoms with Crippen LogP contribution in [0.4, 0.5) is 10.1 Å². The van der Waals surface area contributed by atoms with Crippen LogP contribution in [0.1, 0.15) is 23.6 Å². The Balaban J connectivity index is 1.96. The van der Waals surface area contributed by atoms with Gasteiger partial charge in [0.15, 0.2) is 5.15 Å². The number of halogens is 3. The topological polar surface area (TPSA) is 24.9 Å². The first-order valence-corrected chi connectivity index (χ1v) is 8.31. The van der Waals surface area contributed by atoms with E-state index >= 15 is 0 Å². The third-order valence-corrected chi connectivity index (χ3v) is 5.11. The lowest BCUT2D eigenvalue weighted by Crippen LogP contribution is -2.17. The first-order valence-electron chi connectivity index (χ1n) is 6.56. The molecule has 1 aromatic carbocycles. The lowest BCUT2D eigenvalue weighted by Gasteiger charge is -2.28. The summed E-state index contributed by atoms with van der Waals surface area (Å²) in [5, 5.41) is 4.11. The van der Waals surface area contributed by atoms with Crippen molar-refractivity contribution < 1.29 is 4.39 Å². The molecule has 1 atom stereocenters. The SMILES string of the molecule is Cc1cc(Cl)nc(Cl)c1NC1CCSc2c(F)cccc21. The molecule has 3 rings (SSSR count). The number of hydrogen-bond acceptors (Lipinski definition) is 3. The Hall–Kier alpha value is -0.970. The lowest BCUT2D eigenvalue weighted by atomic mass is 10.0. The number of benzene rings is 1. The van der Waals surface area contributed by atoms with Gasteiger partial charge in [0.1, 0.15) is 11.0 Å². The first kappa shape index (κ1) is 14.9. The fourth-order valence-electron chi connectivity index (χ4n) is 2.48. The molecule has 2 heterocycles. The molecular weight excluding hydrogens is 330 g/mol. The van der Waals surface area contributed by atoms with Gasteiger partial charge < -0.3 is 5.32 Å². The van der Waals surface area contributed by atoms with E-state index in [0.29, 0.717) is 10.3 Å². The van der Waals surface area contributed by atoms with Gasteiger partial charge >= 0.3 is 0 Å². The molecule has 1 unspecified atom stereocenters. The van der Waals surface area contributed by atoms with Crippen molar-refractivity contribution in [1.82, 2.24) is 4.98 Å². The zero-order valence-electron chi connectivity index (χ0n) is 11.3. The third-order valence-electron chi connectivity index (χ3n) is 3.49. The Morgan fingerprint density at radius 2 is 2.19 bits per heavy atom. The molecule has 0 fully saturated rings. The Morgan fingerprint density at radius 3 is 2.95 bits per heavy atom. The molecule has 2 aromatic rings. The minimum atomic E-state index is -0.166. The summed E-state index contributed by atoms with van der Waals surface area (Å²) in [4.78, 5) is 4.78. The van der Waals surface area contributed by atoms with Crippen LogP contribution in [-0.4, -0.2) is 10.7 Å². The molecule has 0 saturated heterocycles. The van der Waals surface area contributed by atoms with Gasteiger partial charge in [0.05, 0.1) is 11.7 Å². The van der Waals surface area contributed by atoms with Gasteiger partial charge in [-0.2, -0.15) is 0 Å². The van der Waals surface area contributed by atoms with Crippen LogP contribution < -0.4 is 5.32 Å². The number of nitrogens with zero attached hydrogens (tertiary/aromatic N) is 1. The van der Waals surface area contributed by atoms with Crippen LogP contribution in [0.5, 0.6) is 0 Å². The minimum Gasteiger partial charge on any atom is -0.375 e. The fourth-order valence-corrected chi connectivity index (χ4v) is 4.21. The van der Waals surface area contributed by atoms with E-state index in [1.807, 2.05) is 13.0 Å². The molecule has 1 aromatic heterocycles. The van der Waals surface area contributed by atoms with Gasteiger partial charge in [0.2, 0.25) is 0 Å². The van der Waals surface area contributed by atoms with Crippen molar-refractivity contribution in [3.8, 4) is 0 Å². The van der Waals surface area contributed by atoms with E-state index in [0.717, 1.165) is 33.9 Å². The van der Waals surface area contributed by atoms with E-state index in [2.05, 4.69) is 10.3 Å². The number of thioether (sulfide) groups is 1. The molecule has 21 heavy (non-hydrogen) atoms. The summed E-state index contributed by atoms with van der Waals surface area (Å²) in [6.07, 6.45) is 0.902. The number of hydrogen-bond donors (Lipinski definition) is 1. The van der Waals surface area contributed by atoms with Gasteiger partial charge in [-0.25, -0.2) is 9.37 Å². The number of aromatic nitrogens is 1. The Bertz CT molecular complexity index is 670. The highest BCUT2D eigenvalue weighted by Gasteiger charge is 2.24. The standard InChI is InChI=1S/C15H13Cl2FN2S/c1-8-7-12(16)20-15(17)13(8)19-11-5-6-21-14-9(11)3-2-4-10(14)18/h2-4,7,11,19H,5-6H2,1H3. The number of pyridine rings is 1. The van der Waals surface area contributed by atoms with E-state index in [1.165, 1.54) is 6.07 Å². The van der Waals surface area contributed by atoms with Crippen molar-refractivity contribution in [1.29, 1.82) is 0 Å². The summed E-state index contributed by atoms with van der Waals surface area (Å²) >= 11 is 13.6. The highest BCUT2D eigenvalue weighted by Crippen LogP contribution is 2.40. The van der Waals surface area contributed by atoms with Crippen LogP contribution in [0.25, 0.3) is 0 Å². The number of rotatable bonds is 2. The second-order valence-corrected chi connectivity index (χ2v) is 6.77. The van der Waals surface area contributed by atoms with E-state index in [1.54, 1.807) is 23.9 Å². The average Bonchev–Trinajstić information content (AvgIpc) is 2.43. The maximum atomic E-state index is 13.9. The second kappa shape index (κ2) is 6.03. The highest BCUT2D eigenvalue weighted by atomic mass is 35.5. The Morgan fingerprint density at radius 1 is 1.38 bits per heavy atom. The molecule has 110 valence electrons. The molecule has 0 spiro atoms. The third kappa shape index (κ3) is 2.98. The molecule has 6 heteroatoms. The van der Waals surface area contributed by atoms with Crippen molar-refractivity contribution >= 4 is 40.7 Å². The average molecular weight is 343 g/mol. The molecule has 0 aliphatic carbocycles. The Kier molecular flexibility index (Phi) is 4.29. The summed E-state index contributed by atoms with van der Waals surface area (Å²) in [5.74, 6) is 0.699. The molecule has 0 bridgehead atoms. The van der Waals surface area contributed by atoms with Crippen molar-refractivity contribution in [3.05, 3.63) is 51.5 Å². The smallest absolute Gasteiger partial charge is 0.154 e. The maximum Gasteiger partial charge on any atom is 0.154 e. The van der Waals surface area contributed by atoms with Crippen LogP contribution in [-0.2, 0) is 0 Å². The monoisotopic (exact) mass is 342 g/mol. The van der Waals surface area contributed by atoms with E-state index < -0.39 is 0 Å². The van der Waals surface area contributed by atoms with Crippen LogP contribution >= 0.6 is 35.0 Å². The predicted molar refractivity (Wildman–Crippen MR) is 87.1 cm³/mol. The van der Waals surface area contributed by atoms with Crippen molar-refractivity contribution in [2.75, 3.05) is 11.1 Å². The molecule has 1 N–H and O–H groups in total. The van der Waals surface area contributed by atoms with Crippen LogP contribution in [0.2, 0.25) is 10.3 Å². The minimum absolute atomic E-state index is 0.0242. The zero-order chi connectivity index (χ0) is 15.0. The van der Waals surface area contributed by atoms with Crippen molar-refractivity contribution in [2.45, 2.75) is 24.3 Å². The van der Waals surface area contributed by atoms with Crippen molar-refractivity contribution in [3.63, 3.8) is 0 Å². The summed E-state index contributed by atoms with van der Waals surface area (Å²) in [6.45, 7) is 1.92. The van der Waals surface area contributed by atoms with E-state index in [9.17, 15) is 4.39 Å². The van der Waals surface area contributed by atoms with Gasteiger partial charge in [-0.3, -0.25) is 0 Å². The molecule has 2 nitrogen and oxygen atoms in total. The molecule has 0 amide bonds. The Labute approximate surface area is 137 Å². The number of fused-ring (bicyclic) bond motifs is 1. The van der Waals surface area contributed by atoms with Gasteiger partial charge in [-0.15, -0.1) is 11.8 Å². The van der Waals surface area contributed by atoms with Crippen molar-refractivity contribution in [2.24, 2.45) is 0 Å². The second-order valence-electron chi connectivity index (χ2n) is 4.92. The largest absolute Gasteiger partial charge is 0.375 e. The zero-order valence-corrected chi connectivity index (χ0v) is 13.6. The van der Waals surface area contributed by atoms with Gasteiger partial charge in [0, 0.05) is 10.6 Å². The summed E-state index contributed by atoms with van der Waals surface area (Å²) in [7, 11) is 0. The van der Waals surface area contributed by atoms with Gasteiger partial charge in [-0.1, -0.05) is 35.3 Å². The molecule has 1 aliphatic heterocycles. The summed E-state index contributed by atoms with van der Waals surface area (Å²) in [5.41, 5.74) is 2.65. The molecular formula is C15H13Cl2FN2S. The van der Waals surface area contributed by atoms with Crippen LogP contribution in [0.3, 0.4) is 0 Å². The predicted octanol–water partition coefficient (Wildman–Crippen LogP) is 5.48. The molecule has 0 radical (unpaired) electrons. The summed E-state index contributed by atoms with van der Waals surface area (Å²) < 4.78 is 13.9. The first-order chi connectivity index (χ1) is 10.1. The van der Waals surface area contributed by atoms with Gasteiger partial charge in [0.25, 0.3) is 0 Å². The number of aryl methyl sites for hydroxylation is 1. The molecule has 0 saturated carbocycles. The van der Waals surface area contributed by atoms with E-state index in [-0.39, 0.29) is 11.9 Å². The fraction of sp³-hybridized carbons (Fsp3) is 0.267. The quantitative estimate of drug-likeness (QED) is 0.731. The normalized spacial score (nSPS) is 17.4. The highest BCUT2D eigenvalue weighted by molar-refractivity contribution is 7.99.